The van der Waals surface area contributed by atoms with Crippen molar-refractivity contribution in [3.8, 4) is 11.4 Å². The second-order valence-corrected chi connectivity index (χ2v) is 10.3. The number of carbonyl (C=O) groups is 1. The van der Waals surface area contributed by atoms with Gasteiger partial charge in [0.1, 0.15) is 0 Å². The number of fused-ring (bicyclic) bond motifs is 2. The lowest BCUT2D eigenvalue weighted by Gasteiger charge is -2.16. The summed E-state index contributed by atoms with van der Waals surface area (Å²) in [6.07, 6.45) is 4.81. The predicted molar refractivity (Wildman–Crippen MR) is 134 cm³/mol. The fourth-order valence-electron chi connectivity index (χ4n) is 4.36. The predicted octanol–water partition coefficient (Wildman–Crippen LogP) is 6.35. The van der Waals surface area contributed by atoms with E-state index in [4.69, 9.17) is 0 Å². The highest BCUT2D eigenvalue weighted by Gasteiger charge is 2.23. The number of aryl methyl sites for hydroxylation is 1. The number of hydrogen-bond donors (Lipinski definition) is 1. The largest absolute Gasteiger partial charge is 0.325 e. The standard InChI is InChI=1S/C25H26N4OS2/c1-16(2)29-24(20-14-31-22-13-6-5-11-19(20)22)27-28-25(29)32-15-23(30)26-21-12-7-9-17-8-3-4-10-18(17)21/h3-4,7-10,12,14,16H,5-6,11,13,15H2,1-2H3,(H,26,30). The Morgan fingerprint density at radius 2 is 1.94 bits per heavy atom. The van der Waals surface area contributed by atoms with Crippen LogP contribution in [0.4, 0.5) is 5.69 Å². The van der Waals surface area contributed by atoms with Gasteiger partial charge in [0.2, 0.25) is 5.91 Å². The van der Waals surface area contributed by atoms with Gasteiger partial charge >= 0.3 is 0 Å². The van der Waals surface area contributed by atoms with E-state index in [2.05, 4.69) is 51.4 Å². The Bertz CT molecular complexity index is 1270. The van der Waals surface area contributed by atoms with Crippen LogP contribution in [0, 0.1) is 0 Å². The first-order valence-corrected chi connectivity index (χ1v) is 12.9. The van der Waals surface area contributed by atoms with Crippen LogP contribution in [0.25, 0.3) is 22.2 Å². The zero-order chi connectivity index (χ0) is 22.1. The lowest BCUT2D eigenvalue weighted by Crippen LogP contribution is -2.15. The molecule has 0 fully saturated rings. The summed E-state index contributed by atoms with van der Waals surface area (Å²) in [5.41, 5.74) is 3.50. The average Bonchev–Trinajstić information content (AvgIpc) is 3.42. The van der Waals surface area contributed by atoms with Crippen molar-refractivity contribution < 1.29 is 4.79 Å². The zero-order valence-corrected chi connectivity index (χ0v) is 19.9. The third-order valence-electron chi connectivity index (χ3n) is 5.88. The van der Waals surface area contributed by atoms with Crippen LogP contribution < -0.4 is 5.32 Å². The second kappa shape index (κ2) is 9.08. The van der Waals surface area contributed by atoms with Gasteiger partial charge in [-0.1, -0.05) is 48.2 Å². The SMILES string of the molecule is CC(C)n1c(SCC(=O)Nc2cccc3ccccc23)nnc1-c1csc2c1CCCC2. The third-order valence-corrected chi connectivity index (χ3v) is 7.91. The van der Waals surface area contributed by atoms with Gasteiger partial charge < -0.3 is 5.32 Å². The van der Waals surface area contributed by atoms with E-state index in [-0.39, 0.29) is 17.7 Å². The molecule has 2 aromatic carbocycles. The molecule has 1 aliphatic carbocycles. The molecule has 2 aromatic heterocycles. The van der Waals surface area contributed by atoms with E-state index in [9.17, 15) is 4.79 Å². The monoisotopic (exact) mass is 462 g/mol. The number of benzene rings is 2. The third kappa shape index (κ3) is 4.07. The van der Waals surface area contributed by atoms with E-state index in [1.165, 1.54) is 47.0 Å². The number of hydrogen-bond acceptors (Lipinski definition) is 5. The molecule has 4 aromatic rings. The van der Waals surface area contributed by atoms with Gasteiger partial charge in [-0.25, -0.2) is 0 Å². The van der Waals surface area contributed by atoms with Gasteiger partial charge in [0.15, 0.2) is 11.0 Å². The first-order valence-electron chi connectivity index (χ1n) is 11.1. The quantitative estimate of drug-likeness (QED) is 0.339. The Morgan fingerprint density at radius 1 is 1.12 bits per heavy atom. The average molecular weight is 463 g/mol. The lowest BCUT2D eigenvalue weighted by molar-refractivity contribution is -0.113. The maximum Gasteiger partial charge on any atom is 0.234 e. The van der Waals surface area contributed by atoms with E-state index >= 15 is 0 Å². The Hall–Kier alpha value is -2.64. The Morgan fingerprint density at radius 3 is 2.81 bits per heavy atom. The number of amides is 1. The zero-order valence-electron chi connectivity index (χ0n) is 18.3. The van der Waals surface area contributed by atoms with E-state index in [0.29, 0.717) is 0 Å². The summed E-state index contributed by atoms with van der Waals surface area (Å²) in [6.45, 7) is 4.29. The molecule has 0 spiro atoms. The van der Waals surface area contributed by atoms with Gasteiger partial charge in [0.25, 0.3) is 0 Å². The number of aromatic nitrogens is 3. The van der Waals surface area contributed by atoms with Crippen molar-refractivity contribution in [3.05, 3.63) is 58.3 Å². The summed E-state index contributed by atoms with van der Waals surface area (Å²) >= 11 is 3.29. The van der Waals surface area contributed by atoms with Crippen molar-refractivity contribution in [2.24, 2.45) is 0 Å². The van der Waals surface area contributed by atoms with Crippen LogP contribution in [-0.4, -0.2) is 26.4 Å². The molecule has 5 nitrogen and oxygen atoms in total. The van der Waals surface area contributed by atoms with Crippen LogP contribution in [0.2, 0.25) is 0 Å². The number of nitrogens with one attached hydrogen (secondary N) is 1. The Balaban J connectivity index is 1.35. The minimum absolute atomic E-state index is 0.0425. The molecule has 32 heavy (non-hydrogen) atoms. The van der Waals surface area contributed by atoms with Crippen LogP contribution in [0.15, 0.2) is 53.0 Å². The van der Waals surface area contributed by atoms with Crippen LogP contribution in [0.3, 0.4) is 0 Å². The highest BCUT2D eigenvalue weighted by Crippen LogP contribution is 2.38. The molecule has 0 saturated heterocycles. The molecule has 0 aliphatic heterocycles. The maximum absolute atomic E-state index is 12.7. The molecule has 0 atom stereocenters. The maximum atomic E-state index is 12.7. The second-order valence-electron chi connectivity index (χ2n) is 8.39. The Kier molecular flexibility index (Phi) is 6.02. The number of nitrogens with zero attached hydrogens (tertiary/aromatic N) is 3. The molecule has 0 bridgehead atoms. The molecule has 1 N–H and O–H groups in total. The van der Waals surface area contributed by atoms with Crippen molar-refractivity contribution in [3.63, 3.8) is 0 Å². The number of thiophene rings is 1. The van der Waals surface area contributed by atoms with Gasteiger partial charge in [0.05, 0.1) is 5.75 Å². The smallest absolute Gasteiger partial charge is 0.234 e. The summed E-state index contributed by atoms with van der Waals surface area (Å²) in [5.74, 6) is 1.17. The highest BCUT2D eigenvalue weighted by atomic mass is 32.2. The van der Waals surface area contributed by atoms with E-state index in [1.54, 1.807) is 0 Å². The van der Waals surface area contributed by atoms with Crippen molar-refractivity contribution in [2.45, 2.75) is 50.7 Å². The van der Waals surface area contributed by atoms with Crippen molar-refractivity contribution in [2.75, 3.05) is 11.1 Å². The number of rotatable bonds is 6. The molecule has 7 heteroatoms. The first-order chi connectivity index (χ1) is 15.6. The van der Waals surface area contributed by atoms with Crippen molar-refractivity contribution in [1.82, 2.24) is 14.8 Å². The molecule has 1 amide bonds. The van der Waals surface area contributed by atoms with Crippen LogP contribution in [0.1, 0.15) is 43.2 Å². The molecule has 0 unspecified atom stereocenters. The van der Waals surface area contributed by atoms with Crippen molar-refractivity contribution in [1.29, 1.82) is 0 Å². The minimum Gasteiger partial charge on any atom is -0.325 e. The van der Waals surface area contributed by atoms with Crippen LogP contribution >= 0.6 is 23.1 Å². The van der Waals surface area contributed by atoms with Gasteiger partial charge in [0, 0.05) is 32.9 Å². The van der Waals surface area contributed by atoms with Gasteiger partial charge in [-0.15, -0.1) is 21.5 Å². The molecule has 2 heterocycles. The summed E-state index contributed by atoms with van der Waals surface area (Å²) < 4.78 is 2.17. The van der Waals surface area contributed by atoms with Crippen LogP contribution in [0.5, 0.6) is 0 Å². The molecular weight excluding hydrogens is 436 g/mol. The van der Waals surface area contributed by atoms with E-state index in [0.717, 1.165) is 33.9 Å². The molecule has 0 radical (unpaired) electrons. The molecule has 1 aliphatic rings. The van der Waals surface area contributed by atoms with Crippen LogP contribution in [-0.2, 0) is 17.6 Å². The van der Waals surface area contributed by atoms with E-state index in [1.807, 2.05) is 41.7 Å². The molecular formula is C25H26N4OS2. The minimum atomic E-state index is -0.0425. The number of thioether (sulfide) groups is 1. The fourth-order valence-corrected chi connectivity index (χ4v) is 6.35. The normalized spacial score (nSPS) is 13.5. The topological polar surface area (TPSA) is 59.8 Å². The Labute approximate surface area is 196 Å². The van der Waals surface area contributed by atoms with Crippen molar-refractivity contribution >= 4 is 45.5 Å². The summed E-state index contributed by atoms with van der Waals surface area (Å²) in [5, 5.41) is 17.3. The fraction of sp³-hybridized carbons (Fsp3) is 0.320. The molecule has 164 valence electrons. The summed E-state index contributed by atoms with van der Waals surface area (Å²) in [6, 6.07) is 14.2. The summed E-state index contributed by atoms with van der Waals surface area (Å²) in [4.78, 5) is 14.2. The van der Waals surface area contributed by atoms with Gasteiger partial charge in [-0.2, -0.15) is 0 Å². The summed E-state index contributed by atoms with van der Waals surface area (Å²) in [7, 11) is 0. The highest BCUT2D eigenvalue weighted by molar-refractivity contribution is 7.99. The number of carbonyl (C=O) groups excluding carboxylic acids is 1. The molecule has 0 saturated carbocycles. The van der Waals surface area contributed by atoms with Gasteiger partial charge in [-0.05, 0) is 56.5 Å². The number of anilines is 1. The van der Waals surface area contributed by atoms with E-state index < -0.39 is 0 Å². The lowest BCUT2D eigenvalue weighted by atomic mass is 9.95. The first kappa shape index (κ1) is 21.2. The molecule has 5 rings (SSSR count). The van der Waals surface area contributed by atoms with Gasteiger partial charge in [-0.3, -0.25) is 9.36 Å².